The third-order valence-corrected chi connectivity index (χ3v) is 5.87. The molecular formula is C23H40N2O4S. The quantitative estimate of drug-likeness (QED) is 0.467. The fourth-order valence-corrected chi connectivity index (χ4v) is 3.75. The molecule has 172 valence electrons. The molecule has 0 unspecified atom stereocenters. The fourth-order valence-electron chi connectivity index (χ4n) is 3.20. The molecule has 1 aromatic carbocycles. The lowest BCUT2D eigenvalue weighted by molar-refractivity contribution is -0.134. The molecule has 0 saturated heterocycles. The van der Waals surface area contributed by atoms with Crippen LogP contribution in [0, 0.1) is 11.3 Å². The average Bonchev–Trinajstić information content (AvgIpc) is 2.62. The zero-order valence-electron chi connectivity index (χ0n) is 20.0. The summed E-state index contributed by atoms with van der Waals surface area (Å²) in [6, 6.07) is 5.62. The van der Waals surface area contributed by atoms with E-state index in [2.05, 4.69) is 32.6 Å². The Morgan fingerprint density at radius 2 is 1.70 bits per heavy atom. The smallest absolute Gasteiger partial charge is 0.308 e. The molecule has 0 aromatic heterocycles. The van der Waals surface area contributed by atoms with Crippen LogP contribution in [0.25, 0.3) is 0 Å². The number of carbonyl (C=O) groups excluding carboxylic acids is 1. The predicted molar refractivity (Wildman–Crippen MR) is 124 cm³/mol. The molecule has 0 bridgehead atoms. The summed E-state index contributed by atoms with van der Waals surface area (Å²) in [6.07, 6.45) is 0.431. The normalized spacial score (nSPS) is 12.2. The second-order valence-corrected chi connectivity index (χ2v) is 11.2. The van der Waals surface area contributed by atoms with Crippen molar-refractivity contribution in [1.82, 2.24) is 4.90 Å². The van der Waals surface area contributed by atoms with Gasteiger partial charge >= 0.3 is 10.1 Å². The highest BCUT2D eigenvalue weighted by atomic mass is 32.2. The lowest BCUT2D eigenvalue weighted by Crippen LogP contribution is -2.36. The first-order valence-corrected chi connectivity index (χ1v) is 12.5. The topological polar surface area (TPSA) is 66.9 Å². The van der Waals surface area contributed by atoms with Crippen LogP contribution in [0.2, 0.25) is 0 Å². The molecule has 1 aromatic rings. The molecule has 0 atom stereocenters. The third-order valence-electron chi connectivity index (χ3n) is 4.73. The van der Waals surface area contributed by atoms with Gasteiger partial charge < -0.3 is 14.0 Å². The zero-order chi connectivity index (χ0) is 23.1. The molecule has 0 saturated carbocycles. The first-order chi connectivity index (χ1) is 13.8. The lowest BCUT2D eigenvalue weighted by Gasteiger charge is -2.29. The molecule has 0 heterocycles. The highest BCUT2D eigenvalue weighted by Crippen LogP contribution is 2.29. The molecule has 0 radical (unpaired) electrons. The van der Waals surface area contributed by atoms with E-state index in [1.54, 1.807) is 13.0 Å². The average molecular weight is 441 g/mol. The summed E-state index contributed by atoms with van der Waals surface area (Å²) in [4.78, 5) is 16.9. The second-order valence-electron chi connectivity index (χ2n) is 9.30. The van der Waals surface area contributed by atoms with Crippen molar-refractivity contribution in [1.29, 1.82) is 0 Å². The van der Waals surface area contributed by atoms with Gasteiger partial charge in [-0.05, 0) is 38.2 Å². The van der Waals surface area contributed by atoms with Gasteiger partial charge in [-0.15, -0.1) is 0 Å². The summed E-state index contributed by atoms with van der Waals surface area (Å²) in [6.45, 7) is 18.5. The van der Waals surface area contributed by atoms with Crippen LogP contribution in [0.5, 0.6) is 5.75 Å². The van der Waals surface area contributed by atoms with Gasteiger partial charge in [0.1, 0.15) is 5.75 Å². The molecule has 30 heavy (non-hydrogen) atoms. The van der Waals surface area contributed by atoms with Crippen molar-refractivity contribution in [3.8, 4) is 5.75 Å². The Bertz CT molecular complexity index is 794. The maximum atomic E-state index is 13.0. The summed E-state index contributed by atoms with van der Waals surface area (Å²) < 4.78 is 29.9. The Labute approximate surface area is 183 Å². The minimum Gasteiger partial charge on any atom is -0.382 e. The largest absolute Gasteiger partial charge is 0.382 e. The highest BCUT2D eigenvalue weighted by molar-refractivity contribution is 7.87. The van der Waals surface area contributed by atoms with Gasteiger partial charge in [0.05, 0.1) is 5.75 Å². The molecule has 7 heteroatoms. The van der Waals surface area contributed by atoms with Crippen LogP contribution >= 0.6 is 0 Å². The number of hydrogen-bond donors (Lipinski definition) is 0. The summed E-state index contributed by atoms with van der Waals surface area (Å²) in [5.74, 6) is 0.556. The molecular weight excluding hydrogens is 400 g/mol. The van der Waals surface area contributed by atoms with Crippen molar-refractivity contribution in [2.45, 2.75) is 68.4 Å². The molecule has 0 aliphatic rings. The van der Waals surface area contributed by atoms with E-state index in [0.29, 0.717) is 36.7 Å². The fraction of sp³-hybridized carbons (Fsp3) is 0.696. The van der Waals surface area contributed by atoms with Crippen molar-refractivity contribution in [3.63, 3.8) is 0 Å². The van der Waals surface area contributed by atoms with E-state index in [-0.39, 0.29) is 17.1 Å². The highest BCUT2D eigenvalue weighted by Gasteiger charge is 2.24. The number of nitrogens with zero attached hydrogens (tertiary/aromatic N) is 2. The van der Waals surface area contributed by atoms with Crippen molar-refractivity contribution >= 4 is 21.7 Å². The Kier molecular flexibility index (Phi) is 9.66. The van der Waals surface area contributed by atoms with Gasteiger partial charge in [-0.2, -0.15) is 8.42 Å². The first kappa shape index (κ1) is 26.3. The number of rotatable bonds is 11. The van der Waals surface area contributed by atoms with Crippen molar-refractivity contribution in [2.75, 3.05) is 30.3 Å². The van der Waals surface area contributed by atoms with E-state index < -0.39 is 10.1 Å². The molecule has 0 aliphatic heterocycles. The van der Waals surface area contributed by atoms with E-state index >= 15 is 0 Å². The maximum Gasteiger partial charge on any atom is 0.308 e. The number of hydrogen-bond acceptors (Lipinski definition) is 5. The van der Waals surface area contributed by atoms with Crippen LogP contribution in [0.1, 0.15) is 67.4 Å². The Morgan fingerprint density at radius 1 is 1.10 bits per heavy atom. The van der Waals surface area contributed by atoms with Crippen LogP contribution in [0.15, 0.2) is 18.2 Å². The van der Waals surface area contributed by atoms with Gasteiger partial charge in [-0.1, -0.05) is 40.7 Å². The zero-order valence-corrected chi connectivity index (χ0v) is 20.8. The molecule has 0 aliphatic carbocycles. The van der Waals surface area contributed by atoms with Gasteiger partial charge in [0.2, 0.25) is 5.91 Å². The van der Waals surface area contributed by atoms with Crippen LogP contribution in [0.3, 0.4) is 0 Å². The third kappa shape index (κ3) is 8.54. The molecule has 0 fully saturated rings. The van der Waals surface area contributed by atoms with Gasteiger partial charge in [0, 0.05) is 49.9 Å². The van der Waals surface area contributed by atoms with Crippen LogP contribution in [-0.4, -0.2) is 44.6 Å². The van der Waals surface area contributed by atoms with Gasteiger partial charge in [0.15, 0.2) is 0 Å². The van der Waals surface area contributed by atoms with Crippen molar-refractivity contribution in [2.24, 2.45) is 11.3 Å². The Morgan fingerprint density at radius 3 is 2.17 bits per heavy atom. The SMILES string of the molecule is CCN(CC)c1ccc(CN(CC(C)C)C(=O)CC(C)(C)C)c(OS(=O)(=O)CC)c1. The molecule has 1 amide bonds. The minimum absolute atomic E-state index is 0.0633. The van der Waals surface area contributed by atoms with E-state index in [9.17, 15) is 13.2 Å². The predicted octanol–water partition coefficient (Wildman–Crippen LogP) is 4.68. The Balaban J connectivity index is 3.34. The first-order valence-electron chi connectivity index (χ1n) is 10.9. The summed E-state index contributed by atoms with van der Waals surface area (Å²) in [5, 5.41) is 0. The van der Waals surface area contributed by atoms with E-state index in [4.69, 9.17) is 4.18 Å². The van der Waals surface area contributed by atoms with Crippen LogP contribution < -0.4 is 9.08 Å². The Hall–Kier alpha value is -1.76. The minimum atomic E-state index is -3.68. The second kappa shape index (κ2) is 11.0. The monoisotopic (exact) mass is 440 g/mol. The van der Waals surface area contributed by atoms with E-state index in [0.717, 1.165) is 18.8 Å². The van der Waals surface area contributed by atoms with Gasteiger partial charge in [-0.3, -0.25) is 4.79 Å². The van der Waals surface area contributed by atoms with Gasteiger partial charge in [-0.25, -0.2) is 0 Å². The molecule has 0 spiro atoms. The molecule has 0 N–H and O–H groups in total. The summed E-state index contributed by atoms with van der Waals surface area (Å²) in [7, 11) is -3.68. The number of amides is 1. The maximum absolute atomic E-state index is 13.0. The van der Waals surface area contributed by atoms with Crippen LogP contribution in [-0.2, 0) is 21.5 Å². The van der Waals surface area contributed by atoms with E-state index in [1.165, 1.54) is 0 Å². The number of carbonyl (C=O) groups is 1. The summed E-state index contributed by atoms with van der Waals surface area (Å²) in [5.41, 5.74) is 1.48. The van der Waals surface area contributed by atoms with Crippen LogP contribution in [0.4, 0.5) is 5.69 Å². The number of benzene rings is 1. The lowest BCUT2D eigenvalue weighted by atomic mass is 9.91. The summed E-state index contributed by atoms with van der Waals surface area (Å²) >= 11 is 0. The van der Waals surface area contributed by atoms with Crippen molar-refractivity contribution < 1.29 is 17.4 Å². The standard InChI is InChI=1S/C23H40N2O4S/c1-9-24(10-2)20-13-12-19(21(14-20)29-30(27,28)11-3)17-25(16-18(4)5)22(26)15-23(6,7)8/h12-14,18H,9-11,15-17H2,1-8H3. The van der Waals surface area contributed by atoms with Crippen molar-refractivity contribution in [3.05, 3.63) is 23.8 Å². The number of anilines is 1. The van der Waals surface area contributed by atoms with E-state index in [1.807, 2.05) is 37.8 Å². The molecule has 6 nitrogen and oxygen atoms in total. The van der Waals surface area contributed by atoms with Gasteiger partial charge in [0.25, 0.3) is 0 Å². The molecule has 1 rings (SSSR count).